The first-order valence-electron chi connectivity index (χ1n) is 6.68. The molecule has 0 amide bonds. The lowest BCUT2D eigenvalue weighted by Crippen LogP contribution is -2.20. The summed E-state index contributed by atoms with van der Waals surface area (Å²) in [6, 6.07) is 12.3. The van der Waals surface area contributed by atoms with Gasteiger partial charge in [-0.05, 0) is 29.8 Å². The molecule has 9 heteroatoms. The molecule has 0 saturated heterocycles. The number of halogens is 4. The number of alkyl halides is 3. The van der Waals surface area contributed by atoms with E-state index >= 15 is 0 Å². The van der Waals surface area contributed by atoms with Crippen LogP contribution in [0.15, 0.2) is 53.0 Å². The predicted molar refractivity (Wildman–Crippen MR) is 88.4 cm³/mol. The quantitative estimate of drug-likeness (QED) is 0.751. The molecule has 0 fully saturated rings. The average molecular weight is 424 g/mol. The standard InChI is InChI=1S/C15H13BrF3NO3S/c16-12-5-3-4-11(8-12)9-24(21,22)20-13-6-1-2-7-14(13)23-10-15(17,18)19/h1-8,20H,9-10H2. The zero-order valence-electron chi connectivity index (χ0n) is 12.2. The summed E-state index contributed by atoms with van der Waals surface area (Å²) in [6.07, 6.45) is -4.51. The summed E-state index contributed by atoms with van der Waals surface area (Å²) in [7, 11) is -3.81. The van der Waals surface area contributed by atoms with Crippen LogP contribution in [0, 0.1) is 0 Å². The summed E-state index contributed by atoms with van der Waals surface area (Å²) >= 11 is 3.25. The summed E-state index contributed by atoms with van der Waals surface area (Å²) in [5, 5.41) is 0. The molecule has 0 radical (unpaired) electrons. The van der Waals surface area contributed by atoms with Gasteiger partial charge in [0.15, 0.2) is 6.61 Å². The van der Waals surface area contributed by atoms with Crippen LogP contribution in [0.4, 0.5) is 18.9 Å². The molecule has 0 bridgehead atoms. The van der Waals surface area contributed by atoms with E-state index < -0.39 is 22.8 Å². The Morgan fingerprint density at radius 2 is 1.79 bits per heavy atom. The van der Waals surface area contributed by atoms with Crippen LogP contribution in [0.2, 0.25) is 0 Å². The normalized spacial score (nSPS) is 12.0. The van der Waals surface area contributed by atoms with Gasteiger partial charge in [0.05, 0.1) is 11.4 Å². The van der Waals surface area contributed by atoms with E-state index in [2.05, 4.69) is 25.4 Å². The van der Waals surface area contributed by atoms with Gasteiger partial charge in [-0.1, -0.05) is 40.2 Å². The number of ether oxygens (including phenoxy) is 1. The monoisotopic (exact) mass is 423 g/mol. The first-order chi connectivity index (χ1) is 11.1. The summed E-state index contributed by atoms with van der Waals surface area (Å²) in [4.78, 5) is 0. The van der Waals surface area contributed by atoms with Gasteiger partial charge < -0.3 is 4.74 Å². The molecule has 0 unspecified atom stereocenters. The van der Waals surface area contributed by atoms with Crippen molar-refractivity contribution in [1.82, 2.24) is 0 Å². The fourth-order valence-electron chi connectivity index (χ4n) is 1.89. The molecule has 2 aromatic carbocycles. The number of nitrogens with one attached hydrogen (secondary N) is 1. The SMILES string of the molecule is O=S(=O)(Cc1cccc(Br)c1)Nc1ccccc1OCC(F)(F)F. The van der Waals surface area contributed by atoms with Gasteiger partial charge in [-0.3, -0.25) is 4.72 Å². The van der Waals surface area contributed by atoms with E-state index in [1.165, 1.54) is 24.3 Å². The van der Waals surface area contributed by atoms with Gasteiger partial charge in [0.25, 0.3) is 0 Å². The largest absolute Gasteiger partial charge is 0.482 e. The Bertz CT molecular complexity index is 810. The lowest BCUT2D eigenvalue weighted by Gasteiger charge is -2.14. The summed E-state index contributed by atoms with van der Waals surface area (Å²) in [6.45, 7) is -1.50. The maximum Gasteiger partial charge on any atom is 0.422 e. The van der Waals surface area contributed by atoms with E-state index in [-0.39, 0.29) is 17.2 Å². The summed E-state index contributed by atoms with van der Waals surface area (Å²) < 4.78 is 68.9. The molecule has 0 aliphatic rings. The van der Waals surface area contributed by atoms with Gasteiger partial charge in [0.2, 0.25) is 10.0 Å². The maximum absolute atomic E-state index is 12.3. The minimum atomic E-state index is -4.51. The third kappa shape index (κ3) is 6.04. The summed E-state index contributed by atoms with van der Waals surface area (Å²) in [5.41, 5.74) is 0.488. The Balaban J connectivity index is 2.14. The Labute approximate surface area is 145 Å². The van der Waals surface area contributed by atoms with Crippen molar-refractivity contribution in [2.24, 2.45) is 0 Å². The highest BCUT2D eigenvalue weighted by Gasteiger charge is 2.29. The smallest absolute Gasteiger partial charge is 0.422 e. The molecule has 0 saturated carbocycles. The van der Waals surface area contributed by atoms with Crippen molar-refractivity contribution >= 4 is 31.6 Å². The fraction of sp³-hybridized carbons (Fsp3) is 0.200. The highest BCUT2D eigenvalue weighted by atomic mass is 79.9. The molecule has 130 valence electrons. The molecule has 0 heterocycles. The zero-order chi connectivity index (χ0) is 17.8. The Morgan fingerprint density at radius 1 is 1.08 bits per heavy atom. The van der Waals surface area contributed by atoms with Crippen molar-refractivity contribution < 1.29 is 26.3 Å². The lowest BCUT2D eigenvalue weighted by molar-refractivity contribution is -0.153. The van der Waals surface area contributed by atoms with E-state index in [4.69, 9.17) is 0 Å². The van der Waals surface area contributed by atoms with Gasteiger partial charge in [-0.2, -0.15) is 13.2 Å². The van der Waals surface area contributed by atoms with Crippen molar-refractivity contribution in [2.45, 2.75) is 11.9 Å². The van der Waals surface area contributed by atoms with E-state index in [1.807, 2.05) is 0 Å². The first-order valence-corrected chi connectivity index (χ1v) is 9.13. The molecule has 24 heavy (non-hydrogen) atoms. The Morgan fingerprint density at radius 3 is 2.46 bits per heavy atom. The third-order valence-corrected chi connectivity index (χ3v) is 4.53. The second kappa shape index (κ2) is 7.43. The average Bonchev–Trinajstić information content (AvgIpc) is 2.44. The molecular weight excluding hydrogens is 411 g/mol. The van der Waals surface area contributed by atoms with Crippen molar-refractivity contribution in [3.8, 4) is 5.75 Å². The summed E-state index contributed by atoms with van der Waals surface area (Å²) in [5.74, 6) is -0.507. The van der Waals surface area contributed by atoms with Crippen LogP contribution in [-0.2, 0) is 15.8 Å². The second-order valence-electron chi connectivity index (χ2n) is 4.89. The van der Waals surface area contributed by atoms with Crippen molar-refractivity contribution in [1.29, 1.82) is 0 Å². The molecule has 1 N–H and O–H groups in total. The number of hydrogen-bond donors (Lipinski definition) is 1. The van der Waals surface area contributed by atoms with E-state index in [0.717, 1.165) is 4.47 Å². The van der Waals surface area contributed by atoms with Crippen LogP contribution >= 0.6 is 15.9 Å². The van der Waals surface area contributed by atoms with Gasteiger partial charge in [-0.25, -0.2) is 8.42 Å². The predicted octanol–water partition coefficient (Wildman–Crippen LogP) is 4.33. The molecule has 2 rings (SSSR count). The van der Waals surface area contributed by atoms with Crippen LogP contribution in [0.1, 0.15) is 5.56 Å². The van der Waals surface area contributed by atoms with E-state index in [1.54, 1.807) is 24.3 Å². The molecule has 0 spiro atoms. The maximum atomic E-state index is 12.3. The molecule has 0 aliphatic heterocycles. The zero-order valence-corrected chi connectivity index (χ0v) is 14.6. The van der Waals surface area contributed by atoms with Gasteiger partial charge in [0.1, 0.15) is 5.75 Å². The number of hydrogen-bond acceptors (Lipinski definition) is 3. The Hall–Kier alpha value is -1.74. The van der Waals surface area contributed by atoms with Crippen molar-refractivity contribution in [3.63, 3.8) is 0 Å². The number of sulfonamides is 1. The van der Waals surface area contributed by atoms with Crippen molar-refractivity contribution in [2.75, 3.05) is 11.3 Å². The van der Waals surface area contributed by atoms with Crippen LogP contribution in [0.5, 0.6) is 5.75 Å². The minimum absolute atomic E-state index is 0.0447. The topological polar surface area (TPSA) is 55.4 Å². The number of benzene rings is 2. The number of rotatable bonds is 6. The fourth-order valence-corrected chi connectivity index (χ4v) is 3.53. The van der Waals surface area contributed by atoms with Crippen molar-refractivity contribution in [3.05, 3.63) is 58.6 Å². The first kappa shape index (κ1) is 18.6. The minimum Gasteiger partial charge on any atom is -0.482 e. The number of para-hydroxylation sites is 2. The number of anilines is 1. The molecule has 0 aliphatic carbocycles. The molecule has 2 aromatic rings. The van der Waals surface area contributed by atoms with Gasteiger partial charge >= 0.3 is 6.18 Å². The van der Waals surface area contributed by atoms with Crippen LogP contribution < -0.4 is 9.46 Å². The lowest BCUT2D eigenvalue weighted by atomic mass is 10.2. The van der Waals surface area contributed by atoms with Gasteiger partial charge in [-0.15, -0.1) is 0 Å². The van der Waals surface area contributed by atoms with E-state index in [9.17, 15) is 21.6 Å². The molecule has 4 nitrogen and oxygen atoms in total. The molecule has 0 atom stereocenters. The molecule has 0 aromatic heterocycles. The highest BCUT2D eigenvalue weighted by molar-refractivity contribution is 9.10. The second-order valence-corrected chi connectivity index (χ2v) is 7.53. The third-order valence-electron chi connectivity index (χ3n) is 2.79. The van der Waals surface area contributed by atoms with Crippen LogP contribution in [0.25, 0.3) is 0 Å². The highest BCUT2D eigenvalue weighted by Crippen LogP contribution is 2.27. The Kier molecular flexibility index (Phi) is 5.76. The van der Waals surface area contributed by atoms with E-state index in [0.29, 0.717) is 5.56 Å². The van der Waals surface area contributed by atoms with Crippen LogP contribution in [-0.4, -0.2) is 21.2 Å². The van der Waals surface area contributed by atoms with Gasteiger partial charge in [0, 0.05) is 4.47 Å². The molecular formula is C15H13BrF3NO3S. The van der Waals surface area contributed by atoms with Crippen LogP contribution in [0.3, 0.4) is 0 Å².